The highest BCUT2D eigenvalue weighted by atomic mass is 16.2. The number of hydrogen-bond donors (Lipinski definition) is 3. The Morgan fingerprint density at radius 3 is 2.44 bits per heavy atom. The topological polar surface area (TPSA) is 86.9 Å². The van der Waals surface area contributed by atoms with Crippen LogP contribution in [-0.2, 0) is 4.79 Å². The number of hydrogen-bond acceptors (Lipinski definition) is 3. The van der Waals surface area contributed by atoms with Gasteiger partial charge in [-0.3, -0.25) is 14.6 Å². The molecule has 5 rings (SSSR count). The van der Waals surface area contributed by atoms with E-state index in [0.29, 0.717) is 11.3 Å². The monoisotopic (exact) mass is 452 g/mol. The number of H-pyrrole nitrogens is 1. The number of nitrogens with one attached hydrogen (secondary N) is 3. The summed E-state index contributed by atoms with van der Waals surface area (Å²) >= 11 is 0. The Kier molecular flexibility index (Phi) is 6.12. The van der Waals surface area contributed by atoms with Gasteiger partial charge in [-0.25, -0.2) is 0 Å². The van der Waals surface area contributed by atoms with Crippen LogP contribution in [0.25, 0.3) is 22.2 Å². The van der Waals surface area contributed by atoms with Crippen LogP contribution in [0.5, 0.6) is 0 Å². The first-order valence-electron chi connectivity index (χ1n) is 11.8. The van der Waals surface area contributed by atoms with Gasteiger partial charge in [-0.05, 0) is 85.7 Å². The molecule has 0 atom stereocenters. The van der Waals surface area contributed by atoms with Crippen molar-refractivity contribution in [3.05, 3.63) is 78.6 Å². The Balaban J connectivity index is 1.27. The lowest BCUT2D eigenvalue weighted by molar-refractivity contribution is -0.121. The maximum absolute atomic E-state index is 12.6. The summed E-state index contributed by atoms with van der Waals surface area (Å²) in [5.41, 5.74) is 4.99. The van der Waals surface area contributed by atoms with E-state index in [1.165, 1.54) is 0 Å². The third kappa shape index (κ3) is 4.86. The summed E-state index contributed by atoms with van der Waals surface area (Å²) in [6.45, 7) is 2.26. The molecule has 0 unspecified atom stereocenters. The summed E-state index contributed by atoms with van der Waals surface area (Å²) < 4.78 is 0. The highest BCUT2D eigenvalue weighted by Gasteiger charge is 2.24. The standard InChI is InChI=1S/C28H28N4O2/c1-18-4-6-20(7-5-18)27(33)30-23-11-8-19(9-12-23)26-16-22-15-21(10-13-25(22)32-26)28(34)31-24-3-2-14-29-17-24/h2-3,8-18,20,32H,4-7H2,1H3,(H,30,33)(H,31,34). The molecule has 1 saturated carbocycles. The molecule has 1 aliphatic carbocycles. The van der Waals surface area contributed by atoms with Crippen molar-refractivity contribution in [3.8, 4) is 11.3 Å². The molecule has 34 heavy (non-hydrogen) atoms. The zero-order valence-corrected chi connectivity index (χ0v) is 19.2. The average Bonchev–Trinajstić information content (AvgIpc) is 3.29. The van der Waals surface area contributed by atoms with E-state index in [1.807, 2.05) is 42.5 Å². The van der Waals surface area contributed by atoms with Crippen LogP contribution in [0.1, 0.15) is 43.0 Å². The predicted octanol–water partition coefficient (Wildman–Crippen LogP) is 6.25. The van der Waals surface area contributed by atoms with Crippen molar-refractivity contribution >= 4 is 34.1 Å². The molecule has 6 nitrogen and oxygen atoms in total. The maximum Gasteiger partial charge on any atom is 0.255 e. The smallest absolute Gasteiger partial charge is 0.255 e. The summed E-state index contributed by atoms with van der Waals surface area (Å²) in [4.78, 5) is 32.6. The molecule has 0 radical (unpaired) electrons. The number of anilines is 2. The van der Waals surface area contributed by atoms with Crippen LogP contribution in [0.3, 0.4) is 0 Å². The molecular weight excluding hydrogens is 424 g/mol. The maximum atomic E-state index is 12.6. The first kappa shape index (κ1) is 21.9. The van der Waals surface area contributed by atoms with Crippen molar-refractivity contribution in [2.75, 3.05) is 10.6 Å². The minimum absolute atomic E-state index is 0.120. The molecule has 6 heteroatoms. The van der Waals surface area contributed by atoms with Crippen molar-refractivity contribution in [2.24, 2.45) is 11.8 Å². The Morgan fingerprint density at radius 2 is 1.71 bits per heavy atom. The molecule has 1 fully saturated rings. The third-order valence-corrected chi connectivity index (χ3v) is 6.65. The van der Waals surface area contributed by atoms with Crippen molar-refractivity contribution < 1.29 is 9.59 Å². The normalized spacial score (nSPS) is 17.9. The van der Waals surface area contributed by atoms with Crippen molar-refractivity contribution in [1.29, 1.82) is 0 Å². The van der Waals surface area contributed by atoms with Crippen LogP contribution in [0.15, 0.2) is 73.1 Å². The molecule has 0 aliphatic heterocycles. The molecule has 1 aliphatic rings. The molecule has 2 amide bonds. The van der Waals surface area contributed by atoms with Gasteiger partial charge in [0.1, 0.15) is 0 Å². The van der Waals surface area contributed by atoms with Crippen LogP contribution in [-0.4, -0.2) is 21.8 Å². The fraction of sp³-hybridized carbons (Fsp3) is 0.250. The summed E-state index contributed by atoms with van der Waals surface area (Å²) in [5.74, 6) is 0.799. The van der Waals surface area contributed by atoms with Gasteiger partial charge in [0.05, 0.1) is 11.9 Å². The van der Waals surface area contributed by atoms with Gasteiger partial charge in [-0.15, -0.1) is 0 Å². The van der Waals surface area contributed by atoms with Gasteiger partial charge in [0.15, 0.2) is 0 Å². The number of pyridine rings is 1. The molecule has 2 aromatic heterocycles. The van der Waals surface area contributed by atoms with Gasteiger partial charge in [-0.2, -0.15) is 0 Å². The number of benzene rings is 2. The Bertz CT molecular complexity index is 1300. The van der Waals surface area contributed by atoms with E-state index in [9.17, 15) is 9.59 Å². The van der Waals surface area contributed by atoms with E-state index < -0.39 is 0 Å². The van der Waals surface area contributed by atoms with Gasteiger partial charge >= 0.3 is 0 Å². The molecule has 2 heterocycles. The van der Waals surface area contributed by atoms with Crippen LogP contribution < -0.4 is 10.6 Å². The van der Waals surface area contributed by atoms with E-state index in [4.69, 9.17) is 0 Å². The molecule has 0 bridgehead atoms. The molecule has 3 N–H and O–H groups in total. The fourth-order valence-corrected chi connectivity index (χ4v) is 4.57. The minimum Gasteiger partial charge on any atom is -0.355 e. The molecule has 172 valence electrons. The van der Waals surface area contributed by atoms with Crippen LogP contribution in [0.4, 0.5) is 11.4 Å². The first-order chi connectivity index (χ1) is 16.5. The average molecular weight is 453 g/mol. The quantitative estimate of drug-likeness (QED) is 0.335. The Labute approximate surface area is 198 Å². The van der Waals surface area contributed by atoms with E-state index in [-0.39, 0.29) is 17.7 Å². The second kappa shape index (κ2) is 9.51. The lowest BCUT2D eigenvalue weighted by atomic mass is 9.82. The number of carbonyl (C=O) groups is 2. The van der Waals surface area contributed by atoms with Crippen LogP contribution in [0.2, 0.25) is 0 Å². The highest BCUT2D eigenvalue weighted by molar-refractivity contribution is 6.06. The predicted molar refractivity (Wildman–Crippen MR) is 136 cm³/mol. The van der Waals surface area contributed by atoms with Crippen LogP contribution >= 0.6 is 0 Å². The summed E-state index contributed by atoms with van der Waals surface area (Å²) in [6, 6.07) is 19.1. The number of carbonyl (C=O) groups excluding carboxylic acids is 2. The zero-order chi connectivity index (χ0) is 23.5. The molecule has 2 aromatic carbocycles. The summed E-state index contributed by atoms with van der Waals surface area (Å²) in [7, 11) is 0. The number of nitrogens with zero attached hydrogens (tertiary/aromatic N) is 1. The fourth-order valence-electron chi connectivity index (χ4n) is 4.57. The van der Waals surface area contributed by atoms with E-state index in [1.54, 1.807) is 30.6 Å². The Morgan fingerprint density at radius 1 is 0.912 bits per heavy atom. The van der Waals surface area contributed by atoms with Crippen LogP contribution in [0, 0.1) is 11.8 Å². The molecular formula is C28H28N4O2. The van der Waals surface area contributed by atoms with Crippen molar-refractivity contribution in [2.45, 2.75) is 32.6 Å². The van der Waals surface area contributed by atoms with Gasteiger partial charge in [0.2, 0.25) is 5.91 Å². The molecule has 4 aromatic rings. The van der Waals surface area contributed by atoms with Gasteiger partial charge in [0, 0.05) is 40.0 Å². The second-order valence-corrected chi connectivity index (χ2v) is 9.20. The number of rotatable bonds is 5. The lowest BCUT2D eigenvalue weighted by Crippen LogP contribution is -2.26. The first-order valence-corrected chi connectivity index (χ1v) is 11.8. The third-order valence-electron chi connectivity index (χ3n) is 6.65. The minimum atomic E-state index is -0.176. The number of fused-ring (bicyclic) bond motifs is 1. The number of amides is 2. The second-order valence-electron chi connectivity index (χ2n) is 9.20. The number of aromatic amines is 1. The molecule has 0 spiro atoms. The van der Waals surface area contributed by atoms with Gasteiger partial charge in [0.25, 0.3) is 5.91 Å². The van der Waals surface area contributed by atoms with Crippen molar-refractivity contribution in [1.82, 2.24) is 9.97 Å². The van der Waals surface area contributed by atoms with E-state index in [0.717, 1.165) is 59.4 Å². The SMILES string of the molecule is CC1CCC(C(=O)Nc2ccc(-c3cc4cc(C(=O)Nc5cccnc5)ccc4[nH]3)cc2)CC1. The largest absolute Gasteiger partial charge is 0.355 e. The summed E-state index contributed by atoms with van der Waals surface area (Å²) in [6.07, 6.45) is 7.49. The van der Waals surface area contributed by atoms with Crippen molar-refractivity contribution in [3.63, 3.8) is 0 Å². The zero-order valence-electron chi connectivity index (χ0n) is 19.2. The Hall–Kier alpha value is -3.93. The van der Waals surface area contributed by atoms with E-state index >= 15 is 0 Å². The van der Waals surface area contributed by atoms with Gasteiger partial charge < -0.3 is 15.6 Å². The summed E-state index contributed by atoms with van der Waals surface area (Å²) in [5, 5.41) is 6.89. The molecule has 0 saturated heterocycles. The lowest BCUT2D eigenvalue weighted by Gasteiger charge is -2.25. The number of aromatic nitrogens is 2. The van der Waals surface area contributed by atoms with E-state index in [2.05, 4.69) is 27.5 Å². The van der Waals surface area contributed by atoms with Gasteiger partial charge in [-0.1, -0.05) is 19.1 Å². The highest BCUT2D eigenvalue weighted by Crippen LogP contribution is 2.30.